The van der Waals surface area contributed by atoms with Crippen molar-refractivity contribution in [2.75, 3.05) is 0 Å². The van der Waals surface area contributed by atoms with Gasteiger partial charge >= 0.3 is 0 Å². The summed E-state index contributed by atoms with van der Waals surface area (Å²) in [5.74, 6) is 0.273. The predicted molar refractivity (Wildman–Crippen MR) is 142 cm³/mol. The van der Waals surface area contributed by atoms with Crippen molar-refractivity contribution in [2.24, 2.45) is 10.8 Å². The molecule has 3 rings (SSSR count). The second kappa shape index (κ2) is 10.3. The molecular weight excluding hydrogens is 416 g/mol. The number of carbonyl (C=O) groups is 2. The Hall–Kier alpha value is -3.26. The first kappa shape index (κ1) is 25.4. The van der Waals surface area contributed by atoms with E-state index in [-0.39, 0.29) is 22.4 Å². The normalized spacial score (nSPS) is 13.2. The van der Waals surface area contributed by atoms with Crippen molar-refractivity contribution in [3.8, 4) is 11.1 Å². The Morgan fingerprint density at radius 1 is 0.735 bits per heavy atom. The Kier molecular flexibility index (Phi) is 7.71. The van der Waals surface area contributed by atoms with Crippen molar-refractivity contribution >= 4 is 11.6 Å². The van der Waals surface area contributed by atoms with Crippen LogP contribution in [0.2, 0.25) is 0 Å². The standard InChI is InChI=1S/C32H36O2/c1-23(2)31(4,5)22-32(6,24(3)33)21-20-25-12-14-26(15-13-25)27-16-18-29(19-17-27)30(34)28-10-8-7-9-11-28/h7-19H,1,20-22H2,2-6H3. The van der Waals surface area contributed by atoms with Crippen LogP contribution in [0.1, 0.15) is 68.9 Å². The van der Waals surface area contributed by atoms with Crippen molar-refractivity contribution in [1.82, 2.24) is 0 Å². The first-order valence-electron chi connectivity index (χ1n) is 12.0. The van der Waals surface area contributed by atoms with Gasteiger partial charge in [0.25, 0.3) is 0 Å². The summed E-state index contributed by atoms with van der Waals surface area (Å²) < 4.78 is 0. The molecule has 34 heavy (non-hydrogen) atoms. The van der Waals surface area contributed by atoms with Gasteiger partial charge in [-0.05, 0) is 55.2 Å². The maximum absolute atomic E-state index is 12.6. The van der Waals surface area contributed by atoms with Crippen LogP contribution < -0.4 is 0 Å². The molecule has 2 nitrogen and oxygen atoms in total. The minimum absolute atomic E-state index is 0.0332. The van der Waals surface area contributed by atoms with Crippen LogP contribution in [0.25, 0.3) is 11.1 Å². The van der Waals surface area contributed by atoms with Gasteiger partial charge in [0.05, 0.1) is 0 Å². The summed E-state index contributed by atoms with van der Waals surface area (Å²) in [5, 5.41) is 0. The van der Waals surface area contributed by atoms with Crippen molar-refractivity contribution in [3.05, 3.63) is 108 Å². The average molecular weight is 453 g/mol. The maximum atomic E-state index is 12.6. The van der Waals surface area contributed by atoms with Crippen LogP contribution in [0.4, 0.5) is 0 Å². The molecule has 176 valence electrons. The second-order valence-corrected chi connectivity index (χ2v) is 10.4. The number of carbonyl (C=O) groups excluding carboxylic acids is 2. The van der Waals surface area contributed by atoms with E-state index < -0.39 is 0 Å². The van der Waals surface area contributed by atoms with Gasteiger partial charge in [-0.3, -0.25) is 9.59 Å². The zero-order chi connectivity index (χ0) is 24.9. The minimum Gasteiger partial charge on any atom is -0.299 e. The molecule has 0 heterocycles. The summed E-state index contributed by atoms with van der Waals surface area (Å²) in [4.78, 5) is 25.2. The van der Waals surface area contributed by atoms with Gasteiger partial charge in [-0.15, -0.1) is 0 Å². The van der Waals surface area contributed by atoms with Crippen LogP contribution in [0.3, 0.4) is 0 Å². The summed E-state index contributed by atoms with van der Waals surface area (Å²) in [6.07, 6.45) is 2.47. The Labute approximate surface area is 204 Å². The number of rotatable bonds is 10. The monoisotopic (exact) mass is 452 g/mol. The summed E-state index contributed by atoms with van der Waals surface area (Å²) >= 11 is 0. The van der Waals surface area contributed by atoms with Crippen molar-refractivity contribution in [3.63, 3.8) is 0 Å². The molecule has 0 bridgehead atoms. The van der Waals surface area contributed by atoms with Crippen LogP contribution in [-0.4, -0.2) is 11.6 Å². The van der Waals surface area contributed by atoms with E-state index >= 15 is 0 Å². The second-order valence-electron chi connectivity index (χ2n) is 10.4. The highest BCUT2D eigenvalue weighted by Crippen LogP contribution is 2.41. The summed E-state index contributed by atoms with van der Waals surface area (Å²) in [5.41, 5.74) is 5.46. The van der Waals surface area contributed by atoms with E-state index in [1.54, 1.807) is 6.92 Å². The number of hydrogen-bond donors (Lipinski definition) is 0. The third-order valence-electron chi connectivity index (χ3n) is 7.27. The van der Waals surface area contributed by atoms with E-state index in [1.165, 1.54) is 5.56 Å². The molecule has 0 saturated heterocycles. The van der Waals surface area contributed by atoms with Gasteiger partial charge in [-0.25, -0.2) is 0 Å². The molecule has 0 aliphatic carbocycles. The Bertz CT molecular complexity index is 1150. The predicted octanol–water partition coefficient (Wildman–Crippen LogP) is 8.10. The van der Waals surface area contributed by atoms with E-state index in [4.69, 9.17) is 0 Å². The van der Waals surface area contributed by atoms with E-state index in [1.807, 2.05) is 61.5 Å². The largest absolute Gasteiger partial charge is 0.299 e. The van der Waals surface area contributed by atoms with Crippen molar-refractivity contribution in [2.45, 2.75) is 53.9 Å². The molecule has 0 N–H and O–H groups in total. The summed E-state index contributed by atoms with van der Waals surface area (Å²) in [7, 11) is 0. The molecular formula is C32H36O2. The molecule has 1 atom stereocenters. The molecule has 0 spiro atoms. The van der Waals surface area contributed by atoms with Gasteiger partial charge in [0.2, 0.25) is 0 Å². The summed E-state index contributed by atoms with van der Waals surface area (Å²) in [6, 6.07) is 25.6. The molecule has 2 heteroatoms. The number of benzene rings is 3. The lowest BCUT2D eigenvalue weighted by molar-refractivity contribution is -0.127. The highest BCUT2D eigenvalue weighted by Gasteiger charge is 2.36. The van der Waals surface area contributed by atoms with Crippen LogP contribution in [-0.2, 0) is 11.2 Å². The van der Waals surface area contributed by atoms with Crippen molar-refractivity contribution < 1.29 is 9.59 Å². The fourth-order valence-corrected chi connectivity index (χ4v) is 4.37. The minimum atomic E-state index is -0.373. The highest BCUT2D eigenvalue weighted by atomic mass is 16.1. The Morgan fingerprint density at radius 2 is 1.24 bits per heavy atom. The van der Waals surface area contributed by atoms with Gasteiger partial charge in [-0.1, -0.05) is 112 Å². The fourth-order valence-electron chi connectivity index (χ4n) is 4.37. The lowest BCUT2D eigenvalue weighted by Gasteiger charge is -2.36. The molecule has 1 unspecified atom stereocenters. The quantitative estimate of drug-likeness (QED) is 0.230. The fraction of sp³-hybridized carbons (Fsp3) is 0.312. The Morgan fingerprint density at radius 3 is 1.74 bits per heavy atom. The Balaban J connectivity index is 1.68. The lowest BCUT2D eigenvalue weighted by atomic mass is 9.67. The topological polar surface area (TPSA) is 34.1 Å². The van der Waals surface area contributed by atoms with Gasteiger partial charge < -0.3 is 0 Å². The number of Topliss-reactive ketones (excluding diaryl/α,β-unsaturated/α-hetero) is 1. The zero-order valence-electron chi connectivity index (χ0n) is 21.2. The summed E-state index contributed by atoms with van der Waals surface area (Å²) in [6.45, 7) is 14.3. The molecule has 3 aromatic rings. The molecule has 0 fully saturated rings. The lowest BCUT2D eigenvalue weighted by Crippen LogP contribution is -2.33. The van der Waals surface area contributed by atoms with Crippen LogP contribution >= 0.6 is 0 Å². The van der Waals surface area contributed by atoms with Crippen LogP contribution in [0.5, 0.6) is 0 Å². The van der Waals surface area contributed by atoms with Gasteiger partial charge in [0.15, 0.2) is 5.78 Å². The number of aryl methyl sites for hydroxylation is 1. The van der Waals surface area contributed by atoms with Crippen molar-refractivity contribution in [1.29, 1.82) is 0 Å². The van der Waals surface area contributed by atoms with Gasteiger partial charge in [0.1, 0.15) is 5.78 Å². The van der Waals surface area contributed by atoms with E-state index in [9.17, 15) is 9.59 Å². The third-order valence-corrected chi connectivity index (χ3v) is 7.27. The zero-order valence-corrected chi connectivity index (χ0v) is 21.2. The smallest absolute Gasteiger partial charge is 0.193 e. The van der Waals surface area contributed by atoms with E-state index in [0.29, 0.717) is 11.1 Å². The average Bonchev–Trinajstić information content (AvgIpc) is 2.83. The molecule has 3 aromatic carbocycles. The number of hydrogen-bond acceptors (Lipinski definition) is 2. The van der Waals surface area contributed by atoms with E-state index in [2.05, 4.69) is 51.6 Å². The van der Waals surface area contributed by atoms with Gasteiger partial charge in [0, 0.05) is 16.5 Å². The molecule has 0 aromatic heterocycles. The molecule has 0 aliphatic heterocycles. The molecule has 0 radical (unpaired) electrons. The highest BCUT2D eigenvalue weighted by molar-refractivity contribution is 6.09. The SMILES string of the molecule is C=C(C)C(C)(C)CC(C)(CCc1ccc(-c2ccc(C(=O)c3ccccc3)cc2)cc1)C(C)=O. The molecule has 0 aliphatic rings. The number of allylic oxidation sites excluding steroid dienone is 1. The molecule has 0 amide bonds. The van der Waals surface area contributed by atoms with Gasteiger partial charge in [-0.2, -0.15) is 0 Å². The maximum Gasteiger partial charge on any atom is 0.193 e. The molecule has 0 saturated carbocycles. The first-order chi connectivity index (χ1) is 16.0. The van der Waals surface area contributed by atoms with Crippen LogP contribution in [0, 0.1) is 10.8 Å². The van der Waals surface area contributed by atoms with E-state index in [0.717, 1.165) is 36.0 Å². The third kappa shape index (κ3) is 5.99. The number of ketones is 2. The van der Waals surface area contributed by atoms with Crippen LogP contribution in [0.15, 0.2) is 91.0 Å². The first-order valence-corrected chi connectivity index (χ1v) is 12.0.